The number of para-hydroxylation sites is 1. The van der Waals surface area contributed by atoms with Crippen LogP contribution in [0.3, 0.4) is 0 Å². The first-order valence-corrected chi connectivity index (χ1v) is 7.47. The van der Waals surface area contributed by atoms with Crippen molar-refractivity contribution in [2.45, 2.75) is 50.6 Å². The minimum absolute atomic E-state index is 0.641. The van der Waals surface area contributed by atoms with E-state index in [1.807, 2.05) is 0 Å². The number of anilines is 1. The van der Waals surface area contributed by atoms with Crippen LogP contribution in [0, 0.1) is 0 Å². The van der Waals surface area contributed by atoms with E-state index in [2.05, 4.69) is 40.5 Å². The van der Waals surface area contributed by atoms with Crippen molar-refractivity contribution < 1.29 is 0 Å². The number of hydrogen-bond donors (Lipinski definition) is 1. The summed E-state index contributed by atoms with van der Waals surface area (Å²) in [5, 5.41) is 3.69. The molecule has 2 aliphatic rings. The van der Waals surface area contributed by atoms with Gasteiger partial charge in [-0.2, -0.15) is 0 Å². The van der Waals surface area contributed by atoms with Gasteiger partial charge in [-0.3, -0.25) is 4.90 Å². The summed E-state index contributed by atoms with van der Waals surface area (Å²) in [6, 6.07) is 12.2. The maximum absolute atomic E-state index is 3.69. The molecular weight excluding hydrogens is 220 g/mol. The molecule has 0 amide bonds. The van der Waals surface area contributed by atoms with Gasteiger partial charge in [0.05, 0.1) is 0 Å². The highest BCUT2D eigenvalue weighted by atomic mass is 15.2. The van der Waals surface area contributed by atoms with Gasteiger partial charge in [0.1, 0.15) is 0 Å². The van der Waals surface area contributed by atoms with E-state index in [-0.39, 0.29) is 0 Å². The molecule has 2 fully saturated rings. The van der Waals surface area contributed by atoms with Gasteiger partial charge in [-0.25, -0.2) is 0 Å². The van der Waals surface area contributed by atoms with Crippen molar-refractivity contribution in [3.63, 3.8) is 0 Å². The molecule has 1 aliphatic carbocycles. The van der Waals surface area contributed by atoms with Crippen LogP contribution >= 0.6 is 0 Å². The smallest absolute Gasteiger partial charge is 0.0389 e. The van der Waals surface area contributed by atoms with Gasteiger partial charge in [0.15, 0.2) is 0 Å². The summed E-state index contributed by atoms with van der Waals surface area (Å²) >= 11 is 0. The maximum atomic E-state index is 3.69. The SMILES string of the molecule is c1ccc(N[C@@H]2CCCN(C3CCCC3)C2)cc1. The van der Waals surface area contributed by atoms with E-state index >= 15 is 0 Å². The number of nitrogens with zero attached hydrogens (tertiary/aromatic N) is 1. The summed E-state index contributed by atoms with van der Waals surface area (Å²) in [6.45, 7) is 2.55. The van der Waals surface area contributed by atoms with Crippen LogP contribution in [0.5, 0.6) is 0 Å². The summed E-state index contributed by atoms with van der Waals surface area (Å²) in [5.74, 6) is 0. The Morgan fingerprint density at radius 3 is 2.50 bits per heavy atom. The molecular formula is C16H24N2. The van der Waals surface area contributed by atoms with Gasteiger partial charge in [-0.05, 0) is 44.4 Å². The largest absolute Gasteiger partial charge is 0.381 e. The van der Waals surface area contributed by atoms with Crippen molar-refractivity contribution in [2.75, 3.05) is 18.4 Å². The minimum Gasteiger partial charge on any atom is -0.381 e. The first-order valence-electron chi connectivity index (χ1n) is 7.47. The van der Waals surface area contributed by atoms with Gasteiger partial charge in [0.2, 0.25) is 0 Å². The lowest BCUT2D eigenvalue weighted by Gasteiger charge is -2.37. The zero-order valence-electron chi connectivity index (χ0n) is 11.1. The quantitative estimate of drug-likeness (QED) is 0.875. The third-order valence-electron chi connectivity index (χ3n) is 4.44. The molecule has 0 radical (unpaired) electrons. The van der Waals surface area contributed by atoms with Crippen LogP contribution in [0.2, 0.25) is 0 Å². The Hall–Kier alpha value is -1.02. The maximum Gasteiger partial charge on any atom is 0.0389 e. The fraction of sp³-hybridized carbons (Fsp3) is 0.625. The lowest BCUT2D eigenvalue weighted by atomic mass is 10.0. The predicted molar refractivity (Wildman–Crippen MR) is 76.9 cm³/mol. The molecule has 1 saturated heterocycles. The molecule has 1 aromatic carbocycles. The van der Waals surface area contributed by atoms with E-state index in [0.717, 1.165) is 6.04 Å². The lowest BCUT2D eigenvalue weighted by Crippen LogP contribution is -2.46. The molecule has 1 heterocycles. The highest BCUT2D eigenvalue weighted by Crippen LogP contribution is 2.26. The summed E-state index contributed by atoms with van der Waals surface area (Å²) in [6.07, 6.45) is 8.41. The van der Waals surface area contributed by atoms with Crippen molar-refractivity contribution in [1.29, 1.82) is 0 Å². The zero-order chi connectivity index (χ0) is 12.2. The van der Waals surface area contributed by atoms with E-state index in [4.69, 9.17) is 0 Å². The molecule has 0 bridgehead atoms. The second-order valence-electron chi connectivity index (χ2n) is 5.78. The highest BCUT2D eigenvalue weighted by molar-refractivity contribution is 5.43. The van der Waals surface area contributed by atoms with E-state index < -0.39 is 0 Å². The molecule has 0 aromatic heterocycles. The molecule has 98 valence electrons. The second-order valence-corrected chi connectivity index (χ2v) is 5.78. The summed E-state index contributed by atoms with van der Waals surface area (Å²) < 4.78 is 0. The molecule has 1 N–H and O–H groups in total. The zero-order valence-corrected chi connectivity index (χ0v) is 11.1. The molecule has 1 aliphatic heterocycles. The van der Waals surface area contributed by atoms with Crippen LogP contribution in [-0.4, -0.2) is 30.1 Å². The summed E-state index contributed by atoms with van der Waals surface area (Å²) in [7, 11) is 0. The van der Waals surface area contributed by atoms with Crippen LogP contribution in [-0.2, 0) is 0 Å². The molecule has 2 nitrogen and oxygen atoms in total. The predicted octanol–water partition coefficient (Wildman–Crippen LogP) is 3.51. The summed E-state index contributed by atoms with van der Waals surface area (Å²) in [5.41, 5.74) is 1.27. The monoisotopic (exact) mass is 244 g/mol. The van der Waals surface area contributed by atoms with E-state index in [0.29, 0.717) is 6.04 Å². The Bertz CT molecular complexity index is 357. The van der Waals surface area contributed by atoms with Gasteiger partial charge in [0, 0.05) is 24.3 Å². The van der Waals surface area contributed by atoms with Gasteiger partial charge in [0.25, 0.3) is 0 Å². The Labute approximate surface area is 110 Å². The number of nitrogens with one attached hydrogen (secondary N) is 1. The van der Waals surface area contributed by atoms with Gasteiger partial charge >= 0.3 is 0 Å². The van der Waals surface area contributed by atoms with Crippen molar-refractivity contribution in [3.05, 3.63) is 30.3 Å². The van der Waals surface area contributed by atoms with E-state index in [1.54, 1.807) is 0 Å². The first kappa shape index (κ1) is 12.0. The first-order chi connectivity index (χ1) is 8.92. The Kier molecular flexibility index (Phi) is 3.84. The number of rotatable bonds is 3. The average Bonchev–Trinajstić information content (AvgIpc) is 2.94. The average molecular weight is 244 g/mol. The second kappa shape index (κ2) is 5.75. The van der Waals surface area contributed by atoms with Crippen LogP contribution in [0.25, 0.3) is 0 Å². The summed E-state index contributed by atoms with van der Waals surface area (Å²) in [4.78, 5) is 2.73. The fourth-order valence-corrected chi connectivity index (χ4v) is 3.50. The topological polar surface area (TPSA) is 15.3 Å². The third-order valence-corrected chi connectivity index (χ3v) is 4.44. The molecule has 1 atom stereocenters. The number of likely N-dealkylation sites (tertiary alicyclic amines) is 1. The molecule has 1 aromatic rings. The van der Waals surface area contributed by atoms with E-state index in [1.165, 1.54) is 57.3 Å². The number of benzene rings is 1. The van der Waals surface area contributed by atoms with Gasteiger partial charge < -0.3 is 5.32 Å². The van der Waals surface area contributed by atoms with E-state index in [9.17, 15) is 0 Å². The third kappa shape index (κ3) is 2.86. The molecule has 1 saturated carbocycles. The van der Waals surface area contributed by atoms with Crippen LogP contribution in [0.15, 0.2) is 30.3 Å². The molecule has 0 unspecified atom stereocenters. The fourth-order valence-electron chi connectivity index (χ4n) is 3.50. The van der Waals surface area contributed by atoms with Crippen LogP contribution < -0.4 is 5.32 Å². The Morgan fingerprint density at radius 2 is 1.72 bits per heavy atom. The normalized spacial score (nSPS) is 26.3. The highest BCUT2D eigenvalue weighted by Gasteiger charge is 2.27. The van der Waals surface area contributed by atoms with Crippen molar-refractivity contribution in [3.8, 4) is 0 Å². The number of hydrogen-bond acceptors (Lipinski definition) is 2. The van der Waals surface area contributed by atoms with Crippen LogP contribution in [0.1, 0.15) is 38.5 Å². The van der Waals surface area contributed by atoms with Gasteiger partial charge in [-0.15, -0.1) is 0 Å². The van der Waals surface area contributed by atoms with Crippen LogP contribution in [0.4, 0.5) is 5.69 Å². The minimum atomic E-state index is 0.641. The van der Waals surface area contributed by atoms with Crippen molar-refractivity contribution >= 4 is 5.69 Å². The molecule has 0 spiro atoms. The molecule has 18 heavy (non-hydrogen) atoms. The van der Waals surface area contributed by atoms with Gasteiger partial charge in [-0.1, -0.05) is 31.0 Å². The Balaban J connectivity index is 1.56. The lowest BCUT2D eigenvalue weighted by molar-refractivity contribution is 0.156. The van der Waals surface area contributed by atoms with Crippen molar-refractivity contribution in [2.24, 2.45) is 0 Å². The van der Waals surface area contributed by atoms with Crippen molar-refractivity contribution in [1.82, 2.24) is 4.90 Å². The standard InChI is InChI=1S/C16H24N2/c1-2-7-14(8-3-1)17-15-9-6-12-18(13-15)16-10-4-5-11-16/h1-3,7-8,15-17H,4-6,9-13H2/t15-/m1/s1. The molecule has 3 rings (SSSR count). The molecule has 2 heteroatoms. The number of piperidine rings is 1. The Morgan fingerprint density at radius 1 is 0.944 bits per heavy atom.